The van der Waals surface area contributed by atoms with Crippen molar-refractivity contribution in [1.82, 2.24) is 9.80 Å². The summed E-state index contributed by atoms with van der Waals surface area (Å²) in [6, 6.07) is 17.1. The maximum atomic E-state index is 13.8. The lowest BCUT2D eigenvalue weighted by atomic mass is 9.99. The molecule has 3 atom stereocenters. The summed E-state index contributed by atoms with van der Waals surface area (Å²) in [7, 11) is 3.60. The van der Waals surface area contributed by atoms with Crippen molar-refractivity contribution in [2.75, 3.05) is 51.3 Å². The molecule has 0 aliphatic carbocycles. The SMILES string of the molecule is COc1ccc(NC(=O)Nc2ccc3c(c2)C(=O)N([C@@H](C)CO)C[C@@H](C)[C@@H](CN(C)Cc2ccc4c(c2)OCO4)O3)cc1. The van der Waals surface area contributed by atoms with E-state index in [2.05, 4.69) is 15.5 Å². The van der Waals surface area contributed by atoms with Gasteiger partial charge in [-0.05, 0) is 74.1 Å². The van der Waals surface area contributed by atoms with Gasteiger partial charge in [0.1, 0.15) is 17.6 Å². The van der Waals surface area contributed by atoms with Gasteiger partial charge in [-0.3, -0.25) is 9.69 Å². The summed E-state index contributed by atoms with van der Waals surface area (Å²) in [4.78, 5) is 30.3. The van der Waals surface area contributed by atoms with E-state index in [1.165, 1.54) is 0 Å². The Morgan fingerprint density at radius 3 is 2.49 bits per heavy atom. The van der Waals surface area contributed by atoms with Crippen molar-refractivity contribution < 1.29 is 33.6 Å². The molecule has 0 radical (unpaired) electrons. The number of nitrogens with zero attached hydrogens (tertiary/aromatic N) is 2. The van der Waals surface area contributed by atoms with Crippen LogP contribution < -0.4 is 29.6 Å². The molecule has 0 aromatic heterocycles. The molecule has 3 amide bonds. The van der Waals surface area contributed by atoms with Gasteiger partial charge in [-0.15, -0.1) is 0 Å². The van der Waals surface area contributed by atoms with E-state index in [9.17, 15) is 14.7 Å². The van der Waals surface area contributed by atoms with Gasteiger partial charge >= 0.3 is 6.03 Å². The second-order valence-corrected chi connectivity index (χ2v) is 11.0. The molecule has 3 aromatic rings. The number of anilines is 2. The highest BCUT2D eigenvalue weighted by molar-refractivity contribution is 6.02. The standard InChI is InChI=1S/C32H38N4O7/c1-20-15-36(21(2)18-37)31(38)26-14-24(34-32(39)33-23-6-9-25(40-4)10-7-23)8-12-27(26)43-30(20)17-35(3)16-22-5-11-28-29(13-22)42-19-41-28/h5-14,20-21,30,37H,15-19H2,1-4H3,(H2,33,34,39)/t20-,21+,30-/m1/s1. The fourth-order valence-electron chi connectivity index (χ4n) is 5.21. The van der Waals surface area contributed by atoms with Gasteiger partial charge in [-0.1, -0.05) is 13.0 Å². The Balaban J connectivity index is 1.33. The number of methoxy groups -OCH3 is 1. The smallest absolute Gasteiger partial charge is 0.323 e. The molecule has 0 fully saturated rings. The minimum absolute atomic E-state index is 0.0293. The molecule has 3 aromatic carbocycles. The van der Waals surface area contributed by atoms with Crippen molar-refractivity contribution in [3.8, 4) is 23.0 Å². The van der Waals surface area contributed by atoms with Crippen LogP contribution in [0.4, 0.5) is 16.2 Å². The molecular formula is C32H38N4O7. The Bertz CT molecular complexity index is 1450. The Hall–Kier alpha value is -4.48. The summed E-state index contributed by atoms with van der Waals surface area (Å²) in [5.41, 5.74) is 2.43. The van der Waals surface area contributed by atoms with Crippen molar-refractivity contribution in [2.45, 2.75) is 32.5 Å². The molecule has 0 bridgehead atoms. The van der Waals surface area contributed by atoms with Gasteiger partial charge in [0.05, 0.1) is 25.3 Å². The number of nitrogens with one attached hydrogen (secondary N) is 2. The summed E-state index contributed by atoms with van der Waals surface area (Å²) >= 11 is 0. The van der Waals surface area contributed by atoms with E-state index in [0.29, 0.717) is 48.1 Å². The first-order chi connectivity index (χ1) is 20.7. The number of urea groups is 1. The van der Waals surface area contributed by atoms with Crippen LogP contribution in [0.2, 0.25) is 0 Å². The van der Waals surface area contributed by atoms with E-state index in [-0.39, 0.29) is 31.3 Å². The van der Waals surface area contributed by atoms with Crippen molar-refractivity contribution in [3.63, 3.8) is 0 Å². The number of likely N-dealkylation sites (N-methyl/N-ethyl adjacent to an activating group) is 1. The second kappa shape index (κ2) is 13.2. The van der Waals surface area contributed by atoms with Gasteiger partial charge in [0.15, 0.2) is 11.5 Å². The highest BCUT2D eigenvalue weighted by Gasteiger charge is 2.33. The molecule has 2 aliphatic rings. The molecular weight excluding hydrogens is 552 g/mol. The number of fused-ring (bicyclic) bond motifs is 2. The van der Waals surface area contributed by atoms with Crippen LogP contribution in [0, 0.1) is 5.92 Å². The average molecular weight is 591 g/mol. The summed E-state index contributed by atoms with van der Waals surface area (Å²) in [5.74, 6) is 2.29. The number of aliphatic hydroxyl groups is 1. The van der Waals surface area contributed by atoms with Crippen LogP contribution in [0.3, 0.4) is 0 Å². The highest BCUT2D eigenvalue weighted by atomic mass is 16.7. The third kappa shape index (κ3) is 7.12. The van der Waals surface area contributed by atoms with Crippen LogP contribution in [0.15, 0.2) is 60.7 Å². The number of carbonyl (C=O) groups excluding carboxylic acids is 2. The minimum atomic E-state index is -0.457. The third-order valence-electron chi connectivity index (χ3n) is 7.65. The summed E-state index contributed by atoms with van der Waals surface area (Å²) < 4.78 is 22.6. The highest BCUT2D eigenvalue weighted by Crippen LogP contribution is 2.34. The van der Waals surface area contributed by atoms with Gasteiger partial charge in [-0.2, -0.15) is 0 Å². The molecule has 43 heavy (non-hydrogen) atoms. The molecule has 228 valence electrons. The molecule has 2 aliphatic heterocycles. The third-order valence-corrected chi connectivity index (χ3v) is 7.65. The van der Waals surface area contributed by atoms with Gasteiger partial charge in [0.25, 0.3) is 5.91 Å². The van der Waals surface area contributed by atoms with E-state index in [4.69, 9.17) is 18.9 Å². The van der Waals surface area contributed by atoms with E-state index in [0.717, 1.165) is 17.1 Å². The molecule has 0 saturated heterocycles. The van der Waals surface area contributed by atoms with Crippen molar-refractivity contribution >= 4 is 23.3 Å². The molecule has 0 saturated carbocycles. The molecule has 0 unspecified atom stereocenters. The monoisotopic (exact) mass is 590 g/mol. The van der Waals surface area contributed by atoms with E-state index >= 15 is 0 Å². The fraction of sp³-hybridized carbons (Fsp3) is 0.375. The molecule has 11 heteroatoms. The largest absolute Gasteiger partial charge is 0.497 e. The second-order valence-electron chi connectivity index (χ2n) is 11.0. The number of hydrogen-bond donors (Lipinski definition) is 3. The lowest BCUT2D eigenvalue weighted by Crippen LogP contribution is -2.49. The number of hydrogen-bond acceptors (Lipinski definition) is 8. The maximum Gasteiger partial charge on any atom is 0.323 e. The predicted molar refractivity (Wildman–Crippen MR) is 162 cm³/mol. The van der Waals surface area contributed by atoms with Crippen molar-refractivity contribution in [1.29, 1.82) is 0 Å². The quantitative estimate of drug-likeness (QED) is 0.335. The first-order valence-corrected chi connectivity index (χ1v) is 14.3. The zero-order valence-corrected chi connectivity index (χ0v) is 24.8. The molecule has 2 heterocycles. The topological polar surface area (TPSA) is 122 Å². The Labute approximate surface area is 251 Å². The van der Waals surface area contributed by atoms with Gasteiger partial charge in [0, 0.05) is 36.9 Å². The van der Waals surface area contributed by atoms with Crippen LogP contribution in [0.25, 0.3) is 0 Å². The number of ether oxygens (including phenoxy) is 4. The minimum Gasteiger partial charge on any atom is -0.497 e. The maximum absolute atomic E-state index is 13.8. The van der Waals surface area contributed by atoms with Crippen LogP contribution >= 0.6 is 0 Å². The molecule has 11 nitrogen and oxygen atoms in total. The normalized spacial score (nSPS) is 18.3. The van der Waals surface area contributed by atoms with Crippen LogP contribution in [-0.4, -0.2) is 79.6 Å². The van der Waals surface area contributed by atoms with E-state index in [1.807, 2.05) is 39.1 Å². The van der Waals surface area contributed by atoms with Crippen LogP contribution in [0.1, 0.15) is 29.8 Å². The predicted octanol–water partition coefficient (Wildman–Crippen LogP) is 4.42. The number of rotatable bonds is 9. The number of amides is 3. The van der Waals surface area contributed by atoms with Crippen LogP contribution in [0.5, 0.6) is 23.0 Å². The van der Waals surface area contributed by atoms with E-state index < -0.39 is 12.1 Å². The van der Waals surface area contributed by atoms with Crippen molar-refractivity contribution in [3.05, 3.63) is 71.8 Å². The summed E-state index contributed by atoms with van der Waals surface area (Å²) in [6.45, 7) is 5.58. The summed E-state index contributed by atoms with van der Waals surface area (Å²) in [5, 5.41) is 15.5. The Morgan fingerprint density at radius 2 is 1.74 bits per heavy atom. The Morgan fingerprint density at radius 1 is 1.05 bits per heavy atom. The van der Waals surface area contributed by atoms with Gasteiger partial charge < -0.3 is 39.6 Å². The first kappa shape index (κ1) is 30.0. The van der Waals surface area contributed by atoms with Gasteiger partial charge in [0.2, 0.25) is 6.79 Å². The number of aliphatic hydroxyl groups excluding tert-OH is 1. The van der Waals surface area contributed by atoms with Crippen molar-refractivity contribution in [2.24, 2.45) is 5.92 Å². The zero-order chi connectivity index (χ0) is 30.5. The van der Waals surface area contributed by atoms with Gasteiger partial charge in [-0.25, -0.2) is 4.79 Å². The fourth-order valence-corrected chi connectivity index (χ4v) is 5.21. The first-order valence-electron chi connectivity index (χ1n) is 14.3. The lowest BCUT2D eigenvalue weighted by Gasteiger charge is -2.38. The number of benzene rings is 3. The van der Waals surface area contributed by atoms with E-state index in [1.54, 1.807) is 54.5 Å². The zero-order valence-electron chi connectivity index (χ0n) is 24.8. The Kier molecular flexibility index (Phi) is 9.22. The molecule has 0 spiro atoms. The average Bonchev–Trinajstić information content (AvgIpc) is 3.47. The summed E-state index contributed by atoms with van der Waals surface area (Å²) in [6.07, 6.45) is -0.253. The van der Waals surface area contributed by atoms with Crippen LogP contribution in [-0.2, 0) is 6.54 Å². The number of carbonyl (C=O) groups is 2. The molecule has 5 rings (SSSR count). The lowest BCUT2D eigenvalue weighted by molar-refractivity contribution is 0.0341. The molecule has 3 N–H and O–H groups in total.